The van der Waals surface area contributed by atoms with Gasteiger partial charge < -0.3 is 5.32 Å². The van der Waals surface area contributed by atoms with Crippen molar-refractivity contribution < 1.29 is 14.4 Å². The summed E-state index contributed by atoms with van der Waals surface area (Å²) in [6, 6.07) is 7.12. The lowest BCUT2D eigenvalue weighted by Crippen LogP contribution is -2.38. The van der Waals surface area contributed by atoms with Gasteiger partial charge >= 0.3 is 0 Å². The second kappa shape index (κ2) is 10.2. The summed E-state index contributed by atoms with van der Waals surface area (Å²) in [5, 5.41) is 3.29. The molecule has 1 rings (SSSR count). The van der Waals surface area contributed by atoms with Gasteiger partial charge in [-0.2, -0.15) is 0 Å². The third-order valence-electron chi connectivity index (χ3n) is 3.89. The molecule has 0 fully saturated rings. The summed E-state index contributed by atoms with van der Waals surface area (Å²) in [7, 11) is 0. The molecule has 0 saturated heterocycles. The Morgan fingerprint density at radius 2 is 1.71 bits per heavy atom. The van der Waals surface area contributed by atoms with Crippen molar-refractivity contribution in [3.63, 3.8) is 0 Å². The number of amides is 1. The highest BCUT2D eigenvalue weighted by Crippen LogP contribution is 2.18. The standard InChI is InChI=1S/C19H26ClNO3/c1-4-5-16(22)12-21-19(24)18(13(2)3)11-17(23)10-14-6-8-15(20)9-7-14/h6-9,13,18H,4-5,10-12H2,1-3H3,(H,21,24). The Labute approximate surface area is 149 Å². The van der Waals surface area contributed by atoms with Crippen molar-refractivity contribution in [3.05, 3.63) is 34.9 Å². The van der Waals surface area contributed by atoms with Gasteiger partial charge in [-0.05, 0) is 30.0 Å². The van der Waals surface area contributed by atoms with Crippen LogP contribution in [0.4, 0.5) is 0 Å². The molecule has 0 aromatic heterocycles. The first-order chi connectivity index (χ1) is 11.3. The van der Waals surface area contributed by atoms with E-state index >= 15 is 0 Å². The highest BCUT2D eigenvalue weighted by molar-refractivity contribution is 6.30. The van der Waals surface area contributed by atoms with E-state index in [1.807, 2.05) is 32.9 Å². The van der Waals surface area contributed by atoms with Gasteiger partial charge in [0.25, 0.3) is 0 Å². The molecular weight excluding hydrogens is 326 g/mol. The van der Waals surface area contributed by atoms with E-state index in [1.165, 1.54) is 0 Å². The quantitative estimate of drug-likeness (QED) is 0.700. The second-order valence-electron chi connectivity index (χ2n) is 6.40. The molecule has 132 valence electrons. The van der Waals surface area contributed by atoms with Gasteiger partial charge in [-0.1, -0.05) is 44.5 Å². The molecule has 1 aromatic rings. The van der Waals surface area contributed by atoms with Gasteiger partial charge in [0.2, 0.25) is 5.91 Å². The Bertz CT molecular complexity index is 566. The first-order valence-corrected chi connectivity index (χ1v) is 8.76. The molecule has 0 bridgehead atoms. The summed E-state index contributed by atoms with van der Waals surface area (Å²) in [6.45, 7) is 5.79. The zero-order valence-electron chi connectivity index (χ0n) is 14.6. The molecule has 0 aliphatic carbocycles. The zero-order chi connectivity index (χ0) is 18.1. The van der Waals surface area contributed by atoms with Crippen LogP contribution >= 0.6 is 11.6 Å². The minimum atomic E-state index is -0.417. The monoisotopic (exact) mass is 351 g/mol. The number of carbonyl (C=O) groups excluding carboxylic acids is 3. The average molecular weight is 352 g/mol. The molecule has 1 atom stereocenters. The van der Waals surface area contributed by atoms with Crippen LogP contribution in [0.1, 0.15) is 45.6 Å². The number of hydrogen-bond donors (Lipinski definition) is 1. The number of carbonyl (C=O) groups is 3. The molecule has 1 aromatic carbocycles. The Hall–Kier alpha value is -1.68. The highest BCUT2D eigenvalue weighted by atomic mass is 35.5. The number of nitrogens with one attached hydrogen (secondary N) is 1. The molecule has 0 aliphatic rings. The van der Waals surface area contributed by atoms with E-state index in [0.29, 0.717) is 11.4 Å². The normalized spacial score (nSPS) is 12.0. The molecule has 1 amide bonds. The number of rotatable bonds is 10. The maximum Gasteiger partial charge on any atom is 0.224 e. The van der Waals surface area contributed by atoms with Crippen molar-refractivity contribution in [2.24, 2.45) is 11.8 Å². The third kappa shape index (κ3) is 7.26. The summed E-state index contributed by atoms with van der Waals surface area (Å²) >= 11 is 5.83. The van der Waals surface area contributed by atoms with E-state index in [4.69, 9.17) is 11.6 Å². The maximum absolute atomic E-state index is 12.3. The van der Waals surface area contributed by atoms with Crippen LogP contribution < -0.4 is 5.32 Å². The van der Waals surface area contributed by atoms with Crippen LogP contribution in [-0.4, -0.2) is 24.0 Å². The van der Waals surface area contributed by atoms with Gasteiger partial charge in [0, 0.05) is 30.2 Å². The molecule has 0 saturated carbocycles. The molecule has 1 N–H and O–H groups in total. The van der Waals surface area contributed by atoms with Crippen molar-refractivity contribution in [2.45, 2.75) is 46.5 Å². The molecule has 5 heteroatoms. The van der Waals surface area contributed by atoms with Gasteiger partial charge in [-0.25, -0.2) is 0 Å². The minimum absolute atomic E-state index is 0.00561. The van der Waals surface area contributed by atoms with Gasteiger partial charge in [-0.15, -0.1) is 0 Å². The molecule has 0 spiro atoms. The van der Waals surface area contributed by atoms with Crippen LogP contribution in [0.25, 0.3) is 0 Å². The van der Waals surface area contributed by atoms with Crippen LogP contribution in [0, 0.1) is 11.8 Å². The van der Waals surface area contributed by atoms with Crippen LogP contribution in [0.15, 0.2) is 24.3 Å². The molecule has 24 heavy (non-hydrogen) atoms. The van der Waals surface area contributed by atoms with Crippen molar-refractivity contribution in [2.75, 3.05) is 6.54 Å². The number of Topliss-reactive ketones (excluding diaryl/α,β-unsaturated/α-hetero) is 2. The van der Waals surface area contributed by atoms with Gasteiger partial charge in [0.05, 0.1) is 6.54 Å². The van der Waals surface area contributed by atoms with Crippen LogP contribution in [0.2, 0.25) is 5.02 Å². The molecule has 0 heterocycles. The molecule has 1 unspecified atom stereocenters. The largest absolute Gasteiger partial charge is 0.349 e. The number of benzene rings is 1. The second-order valence-corrected chi connectivity index (χ2v) is 6.84. The van der Waals surface area contributed by atoms with E-state index < -0.39 is 5.92 Å². The van der Waals surface area contributed by atoms with E-state index in [2.05, 4.69) is 5.32 Å². The predicted molar refractivity (Wildman–Crippen MR) is 96.0 cm³/mol. The summed E-state index contributed by atoms with van der Waals surface area (Å²) in [4.78, 5) is 36.1. The fourth-order valence-corrected chi connectivity index (χ4v) is 2.59. The average Bonchev–Trinajstić information content (AvgIpc) is 2.52. The van der Waals surface area contributed by atoms with Crippen molar-refractivity contribution in [1.82, 2.24) is 5.32 Å². The Balaban J connectivity index is 2.57. The lowest BCUT2D eigenvalue weighted by atomic mass is 9.88. The molecular formula is C19H26ClNO3. The summed E-state index contributed by atoms with van der Waals surface area (Å²) in [6.07, 6.45) is 1.68. The van der Waals surface area contributed by atoms with Gasteiger partial charge in [-0.3, -0.25) is 14.4 Å². The Morgan fingerprint density at radius 3 is 2.25 bits per heavy atom. The van der Waals surface area contributed by atoms with E-state index in [0.717, 1.165) is 12.0 Å². The Kier molecular flexibility index (Phi) is 8.69. The smallest absolute Gasteiger partial charge is 0.224 e. The summed E-state index contributed by atoms with van der Waals surface area (Å²) < 4.78 is 0. The van der Waals surface area contributed by atoms with Gasteiger partial charge in [0.15, 0.2) is 5.78 Å². The van der Waals surface area contributed by atoms with E-state index in [1.54, 1.807) is 12.1 Å². The lowest BCUT2D eigenvalue weighted by Gasteiger charge is -2.19. The number of ketones is 2. The fraction of sp³-hybridized carbons (Fsp3) is 0.526. The van der Waals surface area contributed by atoms with Crippen LogP contribution in [-0.2, 0) is 20.8 Å². The van der Waals surface area contributed by atoms with E-state index in [9.17, 15) is 14.4 Å². The molecule has 0 radical (unpaired) electrons. The first kappa shape index (κ1) is 20.4. The fourth-order valence-electron chi connectivity index (χ4n) is 2.46. The van der Waals surface area contributed by atoms with E-state index in [-0.39, 0.29) is 42.8 Å². The minimum Gasteiger partial charge on any atom is -0.349 e. The molecule has 4 nitrogen and oxygen atoms in total. The van der Waals surface area contributed by atoms with Crippen molar-refractivity contribution in [3.8, 4) is 0 Å². The number of halogens is 1. The maximum atomic E-state index is 12.3. The lowest BCUT2D eigenvalue weighted by molar-refractivity contribution is -0.132. The first-order valence-electron chi connectivity index (χ1n) is 8.39. The molecule has 0 aliphatic heterocycles. The zero-order valence-corrected chi connectivity index (χ0v) is 15.4. The van der Waals surface area contributed by atoms with Crippen molar-refractivity contribution >= 4 is 29.1 Å². The third-order valence-corrected chi connectivity index (χ3v) is 4.14. The predicted octanol–water partition coefficient (Wildman–Crippen LogP) is 3.60. The summed E-state index contributed by atoms with van der Waals surface area (Å²) in [5.74, 6) is -0.592. The summed E-state index contributed by atoms with van der Waals surface area (Å²) in [5.41, 5.74) is 0.880. The van der Waals surface area contributed by atoms with Crippen LogP contribution in [0.3, 0.4) is 0 Å². The SMILES string of the molecule is CCCC(=O)CNC(=O)C(CC(=O)Cc1ccc(Cl)cc1)C(C)C. The number of hydrogen-bond acceptors (Lipinski definition) is 3. The Morgan fingerprint density at radius 1 is 1.08 bits per heavy atom. The van der Waals surface area contributed by atoms with Crippen molar-refractivity contribution in [1.29, 1.82) is 0 Å². The highest BCUT2D eigenvalue weighted by Gasteiger charge is 2.25. The van der Waals surface area contributed by atoms with Crippen LogP contribution in [0.5, 0.6) is 0 Å². The topological polar surface area (TPSA) is 63.2 Å². The van der Waals surface area contributed by atoms with Gasteiger partial charge in [0.1, 0.15) is 5.78 Å².